The number of aryl methyl sites for hydroxylation is 2. The van der Waals surface area contributed by atoms with Crippen molar-refractivity contribution >= 4 is 23.4 Å². The van der Waals surface area contributed by atoms with Crippen LogP contribution in [0.15, 0.2) is 42.5 Å². The Morgan fingerprint density at radius 1 is 0.943 bits per heavy atom. The van der Waals surface area contributed by atoms with Crippen molar-refractivity contribution in [3.8, 4) is 0 Å². The largest absolute Gasteiger partial charge is 0.347 e. The Labute approximate surface area is 206 Å². The van der Waals surface area contributed by atoms with Gasteiger partial charge in [-0.25, -0.2) is 0 Å². The van der Waals surface area contributed by atoms with Gasteiger partial charge in [0, 0.05) is 6.42 Å². The van der Waals surface area contributed by atoms with E-state index in [2.05, 4.69) is 22.8 Å². The molecule has 0 fully saturated rings. The minimum Gasteiger partial charge on any atom is -0.347 e. The minimum atomic E-state index is -0.658. The zero-order valence-corrected chi connectivity index (χ0v) is 20.7. The predicted octanol–water partition coefficient (Wildman–Crippen LogP) is 2.52. The smallest absolute Gasteiger partial charge is 0.250 e. The average Bonchev–Trinajstić information content (AvgIpc) is 3.19. The molecule has 7 heteroatoms. The summed E-state index contributed by atoms with van der Waals surface area (Å²) in [5, 5.41) is 6.23. The lowest BCUT2D eigenvalue weighted by molar-refractivity contribution is -0.131. The maximum absolute atomic E-state index is 13.8. The van der Waals surface area contributed by atoms with Gasteiger partial charge in [-0.2, -0.15) is 0 Å². The number of amides is 3. The lowest BCUT2D eigenvalue weighted by Crippen LogP contribution is -2.56. The molecule has 3 aliphatic rings. The van der Waals surface area contributed by atoms with Gasteiger partial charge in [0.1, 0.15) is 12.1 Å². The highest BCUT2D eigenvalue weighted by Crippen LogP contribution is 2.39. The fraction of sp³-hybridized carbons (Fsp3) is 0.464. The van der Waals surface area contributed by atoms with Crippen LogP contribution in [0.3, 0.4) is 0 Å². The molecule has 184 valence electrons. The van der Waals surface area contributed by atoms with E-state index in [1.807, 2.05) is 56.3 Å². The molecule has 3 amide bonds. The lowest BCUT2D eigenvalue weighted by atomic mass is 9.87. The maximum Gasteiger partial charge on any atom is 0.250 e. The van der Waals surface area contributed by atoms with E-state index in [-0.39, 0.29) is 29.8 Å². The Balaban J connectivity index is 1.41. The van der Waals surface area contributed by atoms with Crippen molar-refractivity contribution in [2.24, 2.45) is 0 Å². The summed E-state index contributed by atoms with van der Waals surface area (Å²) < 4.78 is 0. The number of nitrogens with zero attached hydrogens (tertiary/aromatic N) is 2. The molecule has 0 aromatic heterocycles. The van der Waals surface area contributed by atoms with E-state index < -0.39 is 12.1 Å². The van der Waals surface area contributed by atoms with E-state index in [0.717, 1.165) is 36.1 Å². The molecule has 2 heterocycles. The molecule has 7 nitrogen and oxygen atoms in total. The van der Waals surface area contributed by atoms with Crippen LogP contribution < -0.4 is 15.5 Å². The summed E-state index contributed by atoms with van der Waals surface area (Å²) >= 11 is 0. The van der Waals surface area contributed by atoms with Gasteiger partial charge in [0.05, 0.1) is 17.8 Å². The van der Waals surface area contributed by atoms with Crippen LogP contribution in [0, 0.1) is 0 Å². The molecule has 4 atom stereocenters. The molecule has 2 aromatic carbocycles. The molecule has 2 N–H and O–H groups in total. The van der Waals surface area contributed by atoms with Crippen LogP contribution in [0.25, 0.3) is 0 Å². The summed E-state index contributed by atoms with van der Waals surface area (Å²) in [6.45, 7) is 1.82. The first-order valence-corrected chi connectivity index (χ1v) is 12.6. The molecule has 5 rings (SSSR count). The average molecular weight is 475 g/mol. The van der Waals surface area contributed by atoms with E-state index in [1.54, 1.807) is 4.90 Å². The van der Waals surface area contributed by atoms with Crippen LogP contribution in [0.5, 0.6) is 0 Å². The zero-order valence-electron chi connectivity index (χ0n) is 20.7. The summed E-state index contributed by atoms with van der Waals surface area (Å²) in [5.41, 5.74) is 5.40. The maximum atomic E-state index is 13.8. The standard InChI is InChI=1S/C28H34N4O3/c1-17(31(2)3)26(33)30-23-15-14-19-10-6-11-20-16-24(32(25(19)20)28(23)35)27(34)29-22-13-7-9-18-8-4-5-12-21(18)22/h4-6,8,10-12,17,22-24H,7,9,13-16H2,1-3H3,(H,29,34)(H,30,33)/t17-,22+,23-,24?/m0/s1. The molecular weight excluding hydrogens is 440 g/mol. The number of anilines is 1. The van der Waals surface area contributed by atoms with Crippen LogP contribution >= 0.6 is 0 Å². The molecule has 2 aliphatic heterocycles. The van der Waals surface area contributed by atoms with Gasteiger partial charge in [0.2, 0.25) is 17.7 Å². The third kappa shape index (κ3) is 4.33. The Bertz CT molecular complexity index is 1160. The van der Waals surface area contributed by atoms with Crippen molar-refractivity contribution in [1.29, 1.82) is 0 Å². The number of nitrogens with one attached hydrogen (secondary N) is 2. The van der Waals surface area contributed by atoms with Gasteiger partial charge >= 0.3 is 0 Å². The van der Waals surface area contributed by atoms with Crippen LogP contribution in [0.1, 0.15) is 54.5 Å². The van der Waals surface area contributed by atoms with Crippen molar-refractivity contribution in [2.45, 2.75) is 69.6 Å². The summed E-state index contributed by atoms with van der Waals surface area (Å²) in [6, 6.07) is 12.6. The van der Waals surface area contributed by atoms with Crippen molar-refractivity contribution < 1.29 is 14.4 Å². The molecule has 35 heavy (non-hydrogen) atoms. The van der Waals surface area contributed by atoms with Gasteiger partial charge in [0.15, 0.2) is 0 Å². The second-order valence-electron chi connectivity index (χ2n) is 10.2. The van der Waals surface area contributed by atoms with Crippen LogP contribution in [-0.2, 0) is 33.6 Å². The quantitative estimate of drug-likeness (QED) is 0.698. The van der Waals surface area contributed by atoms with Gasteiger partial charge in [0.25, 0.3) is 0 Å². The van der Waals surface area contributed by atoms with Crippen LogP contribution in [0.4, 0.5) is 5.69 Å². The third-order valence-electron chi connectivity index (χ3n) is 7.87. The molecular formula is C28H34N4O3. The number of benzene rings is 2. The number of likely N-dealkylation sites (N-methyl/N-ethyl adjacent to an activating group) is 1. The molecule has 0 saturated heterocycles. The van der Waals surface area contributed by atoms with Gasteiger partial charge in [-0.3, -0.25) is 24.2 Å². The monoisotopic (exact) mass is 474 g/mol. The van der Waals surface area contributed by atoms with Crippen molar-refractivity contribution in [3.63, 3.8) is 0 Å². The highest BCUT2D eigenvalue weighted by Gasteiger charge is 2.44. The minimum absolute atomic E-state index is 0.0471. The van der Waals surface area contributed by atoms with Crippen LogP contribution in [0.2, 0.25) is 0 Å². The van der Waals surface area contributed by atoms with E-state index in [1.165, 1.54) is 11.1 Å². The highest BCUT2D eigenvalue weighted by atomic mass is 16.2. The molecule has 0 radical (unpaired) electrons. The number of hydrogen-bond donors (Lipinski definition) is 2. The number of carbonyl (C=O) groups excluding carboxylic acids is 3. The summed E-state index contributed by atoms with van der Waals surface area (Å²) in [7, 11) is 3.68. The molecule has 0 saturated carbocycles. The van der Waals surface area contributed by atoms with Crippen molar-refractivity contribution in [2.75, 3.05) is 19.0 Å². The number of hydrogen-bond acceptors (Lipinski definition) is 4. The fourth-order valence-corrected chi connectivity index (χ4v) is 5.67. The van der Waals surface area contributed by atoms with Gasteiger partial charge in [-0.05, 0) is 75.4 Å². The lowest BCUT2D eigenvalue weighted by Gasteiger charge is -2.31. The molecule has 1 aliphatic carbocycles. The van der Waals surface area contributed by atoms with Gasteiger partial charge in [-0.1, -0.05) is 42.5 Å². The first kappa shape index (κ1) is 23.5. The summed E-state index contributed by atoms with van der Waals surface area (Å²) in [5.74, 6) is -0.508. The Morgan fingerprint density at radius 2 is 1.69 bits per heavy atom. The highest BCUT2D eigenvalue weighted by molar-refractivity contribution is 6.08. The number of para-hydroxylation sites is 1. The Morgan fingerprint density at radius 3 is 2.49 bits per heavy atom. The second kappa shape index (κ2) is 9.46. The van der Waals surface area contributed by atoms with Gasteiger partial charge < -0.3 is 10.6 Å². The first-order valence-electron chi connectivity index (χ1n) is 12.6. The third-order valence-corrected chi connectivity index (χ3v) is 7.87. The first-order chi connectivity index (χ1) is 16.8. The van der Waals surface area contributed by atoms with Crippen molar-refractivity contribution in [3.05, 3.63) is 64.7 Å². The molecule has 0 bridgehead atoms. The zero-order chi connectivity index (χ0) is 24.7. The Kier molecular flexibility index (Phi) is 6.36. The van der Waals surface area contributed by atoms with E-state index >= 15 is 0 Å². The Hall–Kier alpha value is -3.19. The second-order valence-corrected chi connectivity index (χ2v) is 10.2. The molecule has 1 unspecified atom stereocenters. The molecule has 2 aromatic rings. The molecule has 0 spiro atoms. The van der Waals surface area contributed by atoms with Crippen molar-refractivity contribution in [1.82, 2.24) is 15.5 Å². The number of fused-ring (bicyclic) bond motifs is 1. The van der Waals surface area contributed by atoms with Gasteiger partial charge in [-0.15, -0.1) is 0 Å². The fourth-order valence-electron chi connectivity index (χ4n) is 5.67. The predicted molar refractivity (Wildman–Crippen MR) is 135 cm³/mol. The summed E-state index contributed by atoms with van der Waals surface area (Å²) in [6.07, 6.45) is 4.63. The SMILES string of the molecule is C[C@@H](C(=O)N[C@H]1CCc2cccc3c2N(C1=O)C(C(=O)N[C@@H]1CCCc2ccccc21)C3)N(C)C. The summed E-state index contributed by atoms with van der Waals surface area (Å²) in [4.78, 5) is 43.8. The topological polar surface area (TPSA) is 81.8 Å². The number of rotatable bonds is 5. The number of carbonyl (C=O) groups is 3. The van der Waals surface area contributed by atoms with E-state index in [4.69, 9.17) is 0 Å². The van der Waals surface area contributed by atoms with Crippen LogP contribution in [-0.4, -0.2) is 54.8 Å². The van der Waals surface area contributed by atoms with E-state index in [0.29, 0.717) is 19.3 Å². The van der Waals surface area contributed by atoms with E-state index in [9.17, 15) is 14.4 Å². The normalized spacial score (nSPS) is 23.8.